The van der Waals surface area contributed by atoms with E-state index in [0.717, 1.165) is 11.3 Å². The molecule has 5 heterocycles. The summed E-state index contributed by atoms with van der Waals surface area (Å²) in [6.45, 7) is 0.915. The molecule has 0 saturated carbocycles. The van der Waals surface area contributed by atoms with E-state index >= 15 is 0 Å². The molecule has 170 valence electrons. The van der Waals surface area contributed by atoms with Gasteiger partial charge >= 0.3 is 0 Å². The molecule has 0 spiro atoms. The lowest BCUT2D eigenvalue weighted by Gasteiger charge is -2.33. The second-order valence-electron chi connectivity index (χ2n) is 7.34. The van der Waals surface area contributed by atoms with E-state index in [2.05, 4.69) is 15.3 Å². The van der Waals surface area contributed by atoms with Gasteiger partial charge in [0.25, 0.3) is 11.8 Å². The maximum atomic E-state index is 13.1. The Bertz CT molecular complexity index is 1420. The number of hydrogen-bond acceptors (Lipinski definition) is 7. The fraction of sp³-hybridized carbons (Fsp3) is 0.190. The molecular weight excluding hydrogens is 466 g/mol. The number of fused-ring (bicyclic) bond motifs is 1. The van der Waals surface area contributed by atoms with E-state index in [1.165, 1.54) is 16.8 Å². The molecule has 4 aromatic rings. The van der Waals surface area contributed by atoms with E-state index < -0.39 is 15.9 Å². The maximum absolute atomic E-state index is 13.1. The molecule has 1 aliphatic heterocycles. The summed E-state index contributed by atoms with van der Waals surface area (Å²) in [6, 6.07) is 9.88. The first-order valence-electron chi connectivity index (χ1n) is 10.1. The number of carbonyl (C=O) groups excluding carboxylic acids is 2. The second kappa shape index (κ2) is 8.46. The number of anilines is 1. The van der Waals surface area contributed by atoms with Crippen LogP contribution in [0.5, 0.6) is 0 Å². The summed E-state index contributed by atoms with van der Waals surface area (Å²) in [5.41, 5.74) is 0.512. The van der Waals surface area contributed by atoms with Crippen molar-refractivity contribution in [1.29, 1.82) is 0 Å². The van der Waals surface area contributed by atoms with Crippen LogP contribution in [-0.2, 0) is 10.0 Å². The van der Waals surface area contributed by atoms with E-state index in [4.69, 9.17) is 4.42 Å². The number of aromatic amines is 1. The zero-order valence-electron chi connectivity index (χ0n) is 17.2. The Balaban J connectivity index is 1.23. The van der Waals surface area contributed by atoms with E-state index in [9.17, 15) is 18.0 Å². The Kier molecular flexibility index (Phi) is 5.48. The largest absolute Gasteiger partial charge is 0.459 e. The van der Waals surface area contributed by atoms with E-state index in [1.807, 2.05) is 0 Å². The number of aromatic nitrogens is 2. The van der Waals surface area contributed by atoms with E-state index in [-0.39, 0.29) is 42.7 Å². The number of amides is 2. The lowest BCUT2D eigenvalue weighted by Crippen LogP contribution is -2.50. The summed E-state index contributed by atoms with van der Waals surface area (Å²) in [7, 11) is -3.72. The van der Waals surface area contributed by atoms with Gasteiger partial charge in [0, 0.05) is 44.0 Å². The quantitative estimate of drug-likeness (QED) is 0.447. The highest BCUT2D eigenvalue weighted by Crippen LogP contribution is 2.27. The topological polar surface area (TPSA) is 129 Å². The molecule has 0 bridgehead atoms. The minimum absolute atomic E-state index is 0.180. The first-order chi connectivity index (χ1) is 15.9. The summed E-state index contributed by atoms with van der Waals surface area (Å²) in [5.74, 6) is -0.418. The zero-order valence-corrected chi connectivity index (χ0v) is 18.9. The fourth-order valence-corrected chi connectivity index (χ4v) is 6.11. The molecule has 0 aromatic carbocycles. The van der Waals surface area contributed by atoms with Gasteiger partial charge in [-0.15, -0.1) is 11.3 Å². The van der Waals surface area contributed by atoms with E-state index in [1.54, 1.807) is 47.5 Å². The monoisotopic (exact) mass is 485 g/mol. The number of sulfonamides is 1. The predicted molar refractivity (Wildman–Crippen MR) is 122 cm³/mol. The molecular formula is C21H19N5O5S2. The molecule has 0 unspecified atom stereocenters. The van der Waals surface area contributed by atoms with Gasteiger partial charge in [-0.2, -0.15) is 4.31 Å². The first-order valence-corrected chi connectivity index (χ1v) is 12.4. The number of rotatable bonds is 5. The van der Waals surface area contributed by atoms with Crippen LogP contribution < -0.4 is 5.32 Å². The average molecular weight is 486 g/mol. The molecule has 0 atom stereocenters. The van der Waals surface area contributed by atoms with Gasteiger partial charge in [0.2, 0.25) is 10.0 Å². The maximum Gasteiger partial charge on any atom is 0.291 e. The number of furan rings is 1. The van der Waals surface area contributed by atoms with Crippen LogP contribution in [0.15, 0.2) is 64.4 Å². The van der Waals surface area contributed by atoms with Crippen LogP contribution in [0.2, 0.25) is 0 Å². The number of thiophene rings is 1. The van der Waals surface area contributed by atoms with Gasteiger partial charge < -0.3 is 19.6 Å². The standard InChI is InChI=1S/C21H19N5O5S2/c27-20(15-4-2-12-31-15)24-18-6-5-16(32-18)21(28)25-8-10-26(11-9-25)33(29,30)17-13-23-19-14(17)3-1-7-22-19/h1-7,12-13H,8-11H2,(H,22,23)(H,24,27). The Morgan fingerprint density at radius 1 is 1.09 bits per heavy atom. The number of nitrogens with one attached hydrogen (secondary N) is 2. The van der Waals surface area contributed by atoms with Crippen molar-refractivity contribution in [1.82, 2.24) is 19.2 Å². The van der Waals surface area contributed by atoms with Crippen LogP contribution in [0.25, 0.3) is 11.0 Å². The van der Waals surface area contributed by atoms with Crippen molar-refractivity contribution >= 4 is 49.2 Å². The van der Waals surface area contributed by atoms with Gasteiger partial charge in [-0.25, -0.2) is 13.4 Å². The number of pyridine rings is 1. The molecule has 1 saturated heterocycles. The molecule has 1 aliphatic rings. The Hall–Kier alpha value is -3.48. The summed E-state index contributed by atoms with van der Waals surface area (Å²) >= 11 is 1.16. The van der Waals surface area contributed by atoms with Crippen LogP contribution in [0, 0.1) is 0 Å². The second-order valence-corrected chi connectivity index (χ2v) is 10.3. The Labute approximate surface area is 192 Å². The third kappa shape index (κ3) is 4.03. The normalized spacial score (nSPS) is 15.1. The number of nitrogens with zero attached hydrogens (tertiary/aromatic N) is 3. The number of H-pyrrole nitrogens is 1. The Morgan fingerprint density at radius 2 is 1.91 bits per heavy atom. The van der Waals surface area contributed by atoms with Crippen molar-refractivity contribution in [3.8, 4) is 0 Å². The molecule has 2 amide bonds. The lowest BCUT2D eigenvalue weighted by atomic mass is 10.3. The zero-order chi connectivity index (χ0) is 23.0. The van der Waals surface area contributed by atoms with Gasteiger partial charge in [-0.3, -0.25) is 9.59 Å². The highest BCUT2D eigenvalue weighted by Gasteiger charge is 2.32. The Morgan fingerprint density at radius 3 is 2.67 bits per heavy atom. The van der Waals surface area contributed by atoms with Gasteiger partial charge in [0.05, 0.1) is 16.1 Å². The molecule has 33 heavy (non-hydrogen) atoms. The summed E-state index contributed by atoms with van der Waals surface area (Å²) in [6.07, 6.45) is 4.46. The van der Waals surface area contributed by atoms with Crippen molar-refractivity contribution in [3.63, 3.8) is 0 Å². The number of carbonyl (C=O) groups is 2. The molecule has 2 N–H and O–H groups in total. The predicted octanol–water partition coefficient (Wildman–Crippen LogP) is 2.62. The van der Waals surface area contributed by atoms with Crippen LogP contribution in [0.3, 0.4) is 0 Å². The summed E-state index contributed by atoms with van der Waals surface area (Å²) < 4.78 is 32.7. The minimum atomic E-state index is -3.72. The third-order valence-corrected chi connectivity index (χ3v) is 8.28. The molecule has 10 nitrogen and oxygen atoms in total. The molecule has 1 fully saturated rings. The fourth-order valence-electron chi connectivity index (χ4n) is 3.67. The lowest BCUT2D eigenvalue weighted by molar-refractivity contribution is 0.0702. The molecule has 0 radical (unpaired) electrons. The van der Waals surface area contributed by atoms with Gasteiger partial charge in [0.1, 0.15) is 10.5 Å². The molecule has 0 aliphatic carbocycles. The highest BCUT2D eigenvalue weighted by molar-refractivity contribution is 7.89. The average Bonchev–Trinajstić information content (AvgIpc) is 3.59. The molecule has 5 rings (SSSR count). The number of hydrogen-bond donors (Lipinski definition) is 2. The van der Waals surface area contributed by atoms with E-state index in [0.29, 0.717) is 20.9 Å². The van der Waals surface area contributed by atoms with Gasteiger partial charge in [-0.05, 0) is 36.4 Å². The van der Waals surface area contributed by atoms with Crippen molar-refractivity contribution < 1.29 is 22.4 Å². The van der Waals surface area contributed by atoms with Gasteiger partial charge in [0.15, 0.2) is 5.76 Å². The number of piperazine rings is 1. The molecule has 12 heteroatoms. The minimum Gasteiger partial charge on any atom is -0.459 e. The van der Waals surface area contributed by atoms with Crippen LogP contribution in [0.4, 0.5) is 5.00 Å². The first kappa shape index (κ1) is 21.4. The smallest absolute Gasteiger partial charge is 0.291 e. The van der Waals surface area contributed by atoms with Gasteiger partial charge in [-0.1, -0.05) is 0 Å². The summed E-state index contributed by atoms with van der Waals surface area (Å²) in [5, 5.41) is 3.76. The molecule has 4 aromatic heterocycles. The van der Waals surface area contributed by atoms with Crippen LogP contribution in [-0.4, -0.2) is 65.6 Å². The van der Waals surface area contributed by atoms with Crippen LogP contribution in [0.1, 0.15) is 20.2 Å². The van der Waals surface area contributed by atoms with Crippen molar-refractivity contribution in [2.24, 2.45) is 0 Å². The summed E-state index contributed by atoms with van der Waals surface area (Å²) in [4.78, 5) is 34.3. The van der Waals surface area contributed by atoms with Crippen molar-refractivity contribution in [2.75, 3.05) is 31.5 Å². The van der Waals surface area contributed by atoms with Crippen LogP contribution >= 0.6 is 11.3 Å². The third-order valence-electron chi connectivity index (χ3n) is 5.36. The SMILES string of the molecule is O=C(Nc1ccc(C(=O)N2CCN(S(=O)(=O)c3c[nH]c4ncccc34)CC2)s1)c1ccco1. The highest BCUT2D eigenvalue weighted by atomic mass is 32.2. The van der Waals surface area contributed by atoms with Crippen molar-refractivity contribution in [3.05, 3.63) is 65.7 Å². The van der Waals surface area contributed by atoms with Crippen molar-refractivity contribution in [2.45, 2.75) is 4.90 Å².